The first-order chi connectivity index (χ1) is 8.02. The molecule has 5 heteroatoms. The number of nitrogens with one attached hydrogen (secondary N) is 2. The summed E-state index contributed by atoms with van der Waals surface area (Å²) >= 11 is 0. The predicted octanol–water partition coefficient (Wildman–Crippen LogP) is 1.22. The van der Waals surface area contributed by atoms with Crippen LogP contribution in [0.5, 0.6) is 0 Å². The van der Waals surface area contributed by atoms with E-state index in [1.54, 1.807) is 6.92 Å². The maximum atomic E-state index is 11.2. The molecule has 0 saturated heterocycles. The Morgan fingerprint density at radius 2 is 2.29 bits per heavy atom. The first-order valence-corrected chi connectivity index (χ1v) is 6.05. The van der Waals surface area contributed by atoms with Gasteiger partial charge in [0.1, 0.15) is 11.6 Å². The second kappa shape index (κ2) is 6.39. The zero-order valence-electron chi connectivity index (χ0n) is 11.1. The molecule has 96 valence electrons. The quantitative estimate of drug-likeness (QED) is 0.782. The van der Waals surface area contributed by atoms with E-state index in [-0.39, 0.29) is 5.56 Å². The Balaban J connectivity index is 2.43. The van der Waals surface area contributed by atoms with E-state index >= 15 is 0 Å². The number of anilines is 1. The molecule has 0 aromatic carbocycles. The molecule has 0 aliphatic heterocycles. The van der Waals surface area contributed by atoms with Crippen molar-refractivity contribution >= 4 is 5.82 Å². The topological polar surface area (TPSA) is 61.0 Å². The lowest BCUT2D eigenvalue weighted by Gasteiger charge is -2.23. The van der Waals surface area contributed by atoms with Crippen molar-refractivity contribution < 1.29 is 0 Å². The maximum Gasteiger partial charge on any atom is 0.252 e. The highest BCUT2D eigenvalue weighted by atomic mass is 16.1. The van der Waals surface area contributed by atoms with E-state index in [4.69, 9.17) is 0 Å². The fourth-order valence-corrected chi connectivity index (χ4v) is 1.56. The minimum Gasteiger partial charge on any atom is -0.369 e. The Morgan fingerprint density at radius 1 is 1.59 bits per heavy atom. The van der Waals surface area contributed by atoms with Crippen LogP contribution in [0.2, 0.25) is 0 Å². The predicted molar refractivity (Wildman–Crippen MR) is 70.5 cm³/mol. The van der Waals surface area contributed by atoms with Gasteiger partial charge in [-0.3, -0.25) is 4.79 Å². The molecule has 1 unspecified atom stereocenters. The van der Waals surface area contributed by atoms with E-state index < -0.39 is 0 Å². The molecule has 2 N–H and O–H groups in total. The van der Waals surface area contributed by atoms with Crippen LogP contribution in [0.15, 0.2) is 10.9 Å². The second-order valence-electron chi connectivity index (χ2n) is 4.38. The number of rotatable bonds is 6. The van der Waals surface area contributed by atoms with Crippen molar-refractivity contribution in [1.29, 1.82) is 0 Å². The third kappa shape index (κ3) is 4.56. The average molecular weight is 238 g/mol. The molecule has 0 bridgehead atoms. The fourth-order valence-electron chi connectivity index (χ4n) is 1.56. The van der Waals surface area contributed by atoms with Gasteiger partial charge in [0.2, 0.25) is 0 Å². The lowest BCUT2D eigenvalue weighted by atomic mass is 10.2. The first kappa shape index (κ1) is 13.7. The summed E-state index contributed by atoms with van der Waals surface area (Å²) in [5.41, 5.74) is -0.115. The van der Waals surface area contributed by atoms with Crippen molar-refractivity contribution in [2.24, 2.45) is 0 Å². The van der Waals surface area contributed by atoms with E-state index in [1.807, 2.05) is 0 Å². The zero-order chi connectivity index (χ0) is 12.8. The molecular formula is C12H22N4O. The molecular weight excluding hydrogens is 216 g/mol. The van der Waals surface area contributed by atoms with Crippen LogP contribution in [0.4, 0.5) is 5.82 Å². The molecule has 1 rings (SSSR count). The van der Waals surface area contributed by atoms with Gasteiger partial charge in [0.25, 0.3) is 5.56 Å². The van der Waals surface area contributed by atoms with Crippen LogP contribution in [0.3, 0.4) is 0 Å². The SMILES string of the molecule is CCC(C)N(C)CCNc1cc(=O)[nH]c(C)n1. The maximum absolute atomic E-state index is 11.2. The molecule has 1 aromatic heterocycles. The highest BCUT2D eigenvalue weighted by molar-refractivity contribution is 5.32. The molecule has 1 atom stereocenters. The van der Waals surface area contributed by atoms with Crippen molar-refractivity contribution in [3.05, 3.63) is 22.2 Å². The lowest BCUT2D eigenvalue weighted by Crippen LogP contribution is -2.33. The fraction of sp³-hybridized carbons (Fsp3) is 0.667. The van der Waals surface area contributed by atoms with E-state index in [0.29, 0.717) is 17.7 Å². The normalized spacial score (nSPS) is 12.8. The molecule has 0 aliphatic rings. The molecule has 0 spiro atoms. The van der Waals surface area contributed by atoms with E-state index in [9.17, 15) is 4.79 Å². The summed E-state index contributed by atoms with van der Waals surface area (Å²) in [6.07, 6.45) is 1.14. The largest absolute Gasteiger partial charge is 0.369 e. The van der Waals surface area contributed by atoms with Crippen molar-refractivity contribution in [3.63, 3.8) is 0 Å². The van der Waals surface area contributed by atoms with Gasteiger partial charge in [-0.05, 0) is 27.3 Å². The van der Waals surface area contributed by atoms with E-state index in [0.717, 1.165) is 19.5 Å². The zero-order valence-corrected chi connectivity index (χ0v) is 11.1. The molecule has 0 aliphatic carbocycles. The summed E-state index contributed by atoms with van der Waals surface area (Å²) in [6.45, 7) is 7.88. The van der Waals surface area contributed by atoms with Gasteiger partial charge in [-0.1, -0.05) is 6.92 Å². The first-order valence-electron chi connectivity index (χ1n) is 6.05. The summed E-state index contributed by atoms with van der Waals surface area (Å²) < 4.78 is 0. The van der Waals surface area contributed by atoms with Crippen molar-refractivity contribution in [1.82, 2.24) is 14.9 Å². The molecule has 0 amide bonds. The Morgan fingerprint density at radius 3 is 2.88 bits per heavy atom. The van der Waals surface area contributed by atoms with Crippen molar-refractivity contribution in [2.75, 3.05) is 25.5 Å². The third-order valence-corrected chi connectivity index (χ3v) is 2.97. The summed E-state index contributed by atoms with van der Waals surface area (Å²) in [5, 5.41) is 3.16. The highest BCUT2D eigenvalue weighted by Crippen LogP contribution is 2.01. The van der Waals surface area contributed by atoms with Gasteiger partial charge in [0.05, 0.1) is 0 Å². The molecule has 5 nitrogen and oxygen atoms in total. The number of nitrogens with zero attached hydrogens (tertiary/aromatic N) is 2. The Kier molecular flexibility index (Phi) is 5.15. The van der Waals surface area contributed by atoms with Crippen molar-refractivity contribution in [3.8, 4) is 0 Å². The van der Waals surface area contributed by atoms with Gasteiger partial charge in [-0.15, -0.1) is 0 Å². The molecule has 17 heavy (non-hydrogen) atoms. The van der Waals surface area contributed by atoms with E-state index in [2.05, 4.69) is 41.1 Å². The summed E-state index contributed by atoms with van der Waals surface area (Å²) in [7, 11) is 2.10. The van der Waals surface area contributed by atoms with Crippen LogP contribution in [-0.2, 0) is 0 Å². The molecule has 0 radical (unpaired) electrons. The third-order valence-electron chi connectivity index (χ3n) is 2.97. The number of aromatic amines is 1. The van der Waals surface area contributed by atoms with E-state index in [1.165, 1.54) is 6.07 Å². The Hall–Kier alpha value is -1.36. The van der Waals surface area contributed by atoms with Gasteiger partial charge in [-0.25, -0.2) is 4.98 Å². The standard InChI is InChI=1S/C12H22N4O/c1-5-9(2)16(4)7-6-13-11-8-12(17)15-10(3)14-11/h8-9H,5-7H2,1-4H3,(H2,13,14,15,17). The average Bonchev–Trinajstić information content (AvgIpc) is 2.26. The number of likely N-dealkylation sites (N-methyl/N-ethyl adjacent to an activating group) is 1. The van der Waals surface area contributed by atoms with Gasteiger partial charge >= 0.3 is 0 Å². The van der Waals surface area contributed by atoms with Crippen LogP contribution >= 0.6 is 0 Å². The summed E-state index contributed by atoms with van der Waals surface area (Å²) in [4.78, 5) is 20.3. The van der Waals surface area contributed by atoms with Crippen LogP contribution in [0, 0.1) is 6.92 Å². The number of aromatic nitrogens is 2. The Labute approximate surface area is 102 Å². The van der Waals surface area contributed by atoms with Gasteiger partial charge < -0.3 is 15.2 Å². The smallest absolute Gasteiger partial charge is 0.252 e. The van der Waals surface area contributed by atoms with Crippen LogP contribution in [-0.4, -0.2) is 41.0 Å². The number of hydrogen-bond donors (Lipinski definition) is 2. The highest BCUT2D eigenvalue weighted by Gasteiger charge is 2.05. The van der Waals surface area contributed by atoms with Crippen LogP contribution < -0.4 is 10.9 Å². The Bertz CT molecular complexity index is 402. The second-order valence-corrected chi connectivity index (χ2v) is 4.38. The van der Waals surface area contributed by atoms with Gasteiger partial charge in [-0.2, -0.15) is 0 Å². The van der Waals surface area contributed by atoms with Crippen LogP contribution in [0.25, 0.3) is 0 Å². The molecule has 1 heterocycles. The number of hydrogen-bond acceptors (Lipinski definition) is 4. The lowest BCUT2D eigenvalue weighted by molar-refractivity contribution is 0.261. The number of aryl methyl sites for hydroxylation is 1. The minimum atomic E-state index is -0.115. The van der Waals surface area contributed by atoms with Crippen LogP contribution in [0.1, 0.15) is 26.1 Å². The summed E-state index contributed by atoms with van der Waals surface area (Å²) in [5.74, 6) is 1.28. The van der Waals surface area contributed by atoms with Crippen molar-refractivity contribution in [2.45, 2.75) is 33.2 Å². The van der Waals surface area contributed by atoms with Gasteiger partial charge in [0, 0.05) is 25.2 Å². The molecule has 0 fully saturated rings. The number of H-pyrrole nitrogens is 1. The molecule has 0 saturated carbocycles. The summed E-state index contributed by atoms with van der Waals surface area (Å²) in [6, 6.07) is 2.06. The monoisotopic (exact) mass is 238 g/mol. The van der Waals surface area contributed by atoms with Gasteiger partial charge in [0.15, 0.2) is 0 Å². The molecule has 1 aromatic rings. The minimum absolute atomic E-state index is 0.115.